The van der Waals surface area contributed by atoms with Gasteiger partial charge in [-0.05, 0) is 60.7 Å². The average molecular weight is 228 g/mol. The Labute approximate surface area is 101 Å². The Bertz CT molecular complexity index is 571. The third kappa shape index (κ3) is 1.86. The van der Waals surface area contributed by atoms with Crippen LogP contribution in [0.2, 0.25) is 0 Å². The van der Waals surface area contributed by atoms with E-state index in [9.17, 15) is 10.2 Å². The van der Waals surface area contributed by atoms with Gasteiger partial charge in [0.05, 0.1) is 0 Å². The van der Waals surface area contributed by atoms with E-state index < -0.39 is 0 Å². The molecule has 0 saturated heterocycles. The van der Waals surface area contributed by atoms with Gasteiger partial charge in [-0.25, -0.2) is 0 Å². The van der Waals surface area contributed by atoms with Crippen LogP contribution in [0, 0.1) is 20.8 Å². The van der Waals surface area contributed by atoms with E-state index in [-0.39, 0.29) is 11.5 Å². The molecule has 0 saturated carbocycles. The molecule has 0 aromatic heterocycles. The molecule has 2 N–H and O–H groups in total. The van der Waals surface area contributed by atoms with Crippen LogP contribution >= 0.6 is 0 Å². The molecule has 2 aromatic rings. The van der Waals surface area contributed by atoms with Gasteiger partial charge in [-0.1, -0.05) is 18.2 Å². The van der Waals surface area contributed by atoms with E-state index >= 15 is 0 Å². The van der Waals surface area contributed by atoms with Crippen LogP contribution in [0.4, 0.5) is 0 Å². The molecule has 2 nitrogen and oxygen atoms in total. The van der Waals surface area contributed by atoms with Crippen molar-refractivity contribution in [2.24, 2.45) is 0 Å². The van der Waals surface area contributed by atoms with Crippen LogP contribution in [-0.2, 0) is 0 Å². The Balaban J connectivity index is 2.77. The number of hydrogen-bond donors (Lipinski definition) is 2. The van der Waals surface area contributed by atoms with Gasteiger partial charge in [-0.2, -0.15) is 0 Å². The highest BCUT2D eigenvalue weighted by Crippen LogP contribution is 2.36. The molecule has 0 aliphatic carbocycles. The molecule has 0 aliphatic rings. The number of aromatic hydroxyl groups is 2. The lowest BCUT2D eigenvalue weighted by molar-refractivity contribution is 0.469. The van der Waals surface area contributed by atoms with Gasteiger partial charge < -0.3 is 10.2 Å². The van der Waals surface area contributed by atoms with Gasteiger partial charge in [-0.3, -0.25) is 0 Å². The molecule has 0 aliphatic heterocycles. The lowest BCUT2D eigenvalue weighted by Crippen LogP contribution is -1.91. The standard InChI is InChI=1S/C15H16O2/c1-9-7-8-14(17)11(3)15(9)12-5-4-6-13(16)10(12)2/h4-8,16-17H,1-3H3. The summed E-state index contributed by atoms with van der Waals surface area (Å²) >= 11 is 0. The van der Waals surface area contributed by atoms with Crippen molar-refractivity contribution < 1.29 is 10.2 Å². The minimum absolute atomic E-state index is 0.282. The average Bonchev–Trinajstić information content (AvgIpc) is 2.30. The van der Waals surface area contributed by atoms with Gasteiger partial charge in [0.2, 0.25) is 0 Å². The molecule has 0 spiro atoms. The molecule has 0 heterocycles. The third-order valence-corrected chi connectivity index (χ3v) is 3.22. The number of aryl methyl sites for hydroxylation is 1. The third-order valence-electron chi connectivity index (χ3n) is 3.22. The van der Waals surface area contributed by atoms with Crippen molar-refractivity contribution in [3.05, 3.63) is 47.0 Å². The predicted molar refractivity (Wildman–Crippen MR) is 69.4 cm³/mol. The summed E-state index contributed by atoms with van der Waals surface area (Å²) in [7, 11) is 0. The van der Waals surface area contributed by atoms with E-state index in [0.717, 1.165) is 27.8 Å². The number of hydrogen-bond acceptors (Lipinski definition) is 2. The van der Waals surface area contributed by atoms with Crippen LogP contribution in [-0.4, -0.2) is 10.2 Å². The molecule has 0 bridgehead atoms. The first kappa shape index (κ1) is 11.5. The second kappa shape index (κ2) is 4.13. The van der Waals surface area contributed by atoms with E-state index in [1.807, 2.05) is 39.0 Å². The zero-order valence-corrected chi connectivity index (χ0v) is 10.3. The summed E-state index contributed by atoms with van der Waals surface area (Å²) in [5.41, 5.74) is 4.74. The molecule has 0 unspecified atom stereocenters. The topological polar surface area (TPSA) is 40.5 Å². The van der Waals surface area contributed by atoms with Crippen molar-refractivity contribution in [2.75, 3.05) is 0 Å². The molecule has 2 heteroatoms. The maximum Gasteiger partial charge on any atom is 0.119 e. The molecule has 2 rings (SSSR count). The van der Waals surface area contributed by atoms with E-state index in [0.29, 0.717) is 0 Å². The van der Waals surface area contributed by atoms with Gasteiger partial charge in [-0.15, -0.1) is 0 Å². The first-order valence-electron chi connectivity index (χ1n) is 5.60. The summed E-state index contributed by atoms with van der Waals surface area (Å²) in [5.74, 6) is 0.568. The molecule has 88 valence electrons. The van der Waals surface area contributed by atoms with Gasteiger partial charge in [0.15, 0.2) is 0 Å². The Kier molecular flexibility index (Phi) is 2.80. The van der Waals surface area contributed by atoms with Crippen molar-refractivity contribution >= 4 is 0 Å². The van der Waals surface area contributed by atoms with Crippen LogP contribution in [0.15, 0.2) is 30.3 Å². The fourth-order valence-electron chi connectivity index (χ4n) is 2.14. The summed E-state index contributed by atoms with van der Waals surface area (Å²) in [6, 6.07) is 9.05. The van der Waals surface area contributed by atoms with Crippen LogP contribution < -0.4 is 0 Å². The number of rotatable bonds is 1. The Hall–Kier alpha value is -1.96. The molecule has 0 radical (unpaired) electrons. The van der Waals surface area contributed by atoms with E-state index in [2.05, 4.69) is 0 Å². The first-order valence-corrected chi connectivity index (χ1v) is 5.60. The first-order chi connectivity index (χ1) is 8.02. The minimum atomic E-state index is 0.282. The van der Waals surface area contributed by atoms with Crippen molar-refractivity contribution in [3.8, 4) is 22.6 Å². The largest absolute Gasteiger partial charge is 0.508 e. The maximum absolute atomic E-state index is 9.78. The zero-order chi connectivity index (χ0) is 12.6. The lowest BCUT2D eigenvalue weighted by Gasteiger charge is -2.14. The summed E-state index contributed by atoms with van der Waals surface area (Å²) in [5, 5.41) is 19.5. The van der Waals surface area contributed by atoms with Crippen molar-refractivity contribution in [1.82, 2.24) is 0 Å². The monoisotopic (exact) mass is 228 g/mol. The van der Waals surface area contributed by atoms with Gasteiger partial charge >= 0.3 is 0 Å². The van der Waals surface area contributed by atoms with E-state index in [4.69, 9.17) is 0 Å². The quantitative estimate of drug-likeness (QED) is 0.781. The van der Waals surface area contributed by atoms with Crippen molar-refractivity contribution in [2.45, 2.75) is 20.8 Å². The van der Waals surface area contributed by atoms with Crippen LogP contribution in [0.3, 0.4) is 0 Å². The highest BCUT2D eigenvalue weighted by molar-refractivity contribution is 5.77. The van der Waals surface area contributed by atoms with Gasteiger partial charge in [0.25, 0.3) is 0 Å². The predicted octanol–water partition coefficient (Wildman–Crippen LogP) is 3.69. The van der Waals surface area contributed by atoms with E-state index in [1.54, 1.807) is 12.1 Å². The van der Waals surface area contributed by atoms with Crippen molar-refractivity contribution in [3.63, 3.8) is 0 Å². The molecule has 0 fully saturated rings. The smallest absolute Gasteiger partial charge is 0.119 e. The van der Waals surface area contributed by atoms with Crippen LogP contribution in [0.25, 0.3) is 11.1 Å². The second-order valence-electron chi connectivity index (χ2n) is 4.35. The van der Waals surface area contributed by atoms with Crippen LogP contribution in [0.5, 0.6) is 11.5 Å². The fourth-order valence-corrected chi connectivity index (χ4v) is 2.14. The lowest BCUT2D eigenvalue weighted by atomic mass is 9.92. The Morgan fingerprint density at radius 2 is 1.41 bits per heavy atom. The molecule has 0 amide bonds. The van der Waals surface area contributed by atoms with Gasteiger partial charge in [0.1, 0.15) is 11.5 Å². The highest BCUT2D eigenvalue weighted by Gasteiger charge is 2.12. The summed E-state index contributed by atoms with van der Waals surface area (Å²) in [6.45, 7) is 5.78. The van der Waals surface area contributed by atoms with Gasteiger partial charge in [0, 0.05) is 0 Å². The molecular formula is C15H16O2. The number of phenols is 2. The number of benzene rings is 2. The maximum atomic E-state index is 9.78. The molecule has 17 heavy (non-hydrogen) atoms. The molecular weight excluding hydrogens is 212 g/mol. The number of phenolic OH excluding ortho intramolecular Hbond substituents is 2. The summed E-state index contributed by atoms with van der Waals surface area (Å²) < 4.78 is 0. The zero-order valence-electron chi connectivity index (χ0n) is 10.3. The molecule has 2 aromatic carbocycles. The summed E-state index contributed by atoms with van der Waals surface area (Å²) in [6.07, 6.45) is 0. The Morgan fingerprint density at radius 1 is 0.765 bits per heavy atom. The fraction of sp³-hybridized carbons (Fsp3) is 0.200. The van der Waals surface area contributed by atoms with E-state index in [1.165, 1.54) is 0 Å². The SMILES string of the molecule is Cc1ccc(O)c(C)c1-c1cccc(O)c1C. The second-order valence-corrected chi connectivity index (χ2v) is 4.35. The van der Waals surface area contributed by atoms with Crippen molar-refractivity contribution in [1.29, 1.82) is 0 Å². The normalized spacial score (nSPS) is 10.5. The van der Waals surface area contributed by atoms with Crippen LogP contribution in [0.1, 0.15) is 16.7 Å². The minimum Gasteiger partial charge on any atom is -0.508 e. The molecule has 0 atom stereocenters. The highest BCUT2D eigenvalue weighted by atomic mass is 16.3. The Morgan fingerprint density at radius 3 is 2.12 bits per heavy atom. The summed E-state index contributed by atoms with van der Waals surface area (Å²) in [4.78, 5) is 0.